The fraction of sp³-hybridized carbons (Fsp3) is 0. The number of aromatic nitrogens is 2. The maximum atomic E-state index is 8.98. The Morgan fingerprint density at radius 2 is 2.13 bits per heavy atom. The van der Waals surface area contributed by atoms with Crippen LogP contribution in [0.2, 0.25) is 0 Å². The molecule has 3 rings (SSSR count). The Hall–Kier alpha value is -2.34. The van der Waals surface area contributed by atoms with Gasteiger partial charge < -0.3 is 4.98 Å². The van der Waals surface area contributed by atoms with Crippen LogP contribution in [0.4, 0.5) is 0 Å². The summed E-state index contributed by atoms with van der Waals surface area (Å²) in [6.45, 7) is 0. The second-order valence-electron chi connectivity index (χ2n) is 3.39. The zero-order valence-corrected chi connectivity index (χ0v) is 7.86. The van der Waals surface area contributed by atoms with Gasteiger partial charge in [0.2, 0.25) is 0 Å². The minimum atomic E-state index is 0.670. The lowest BCUT2D eigenvalue weighted by Gasteiger charge is -1.91. The van der Waals surface area contributed by atoms with E-state index in [9.17, 15) is 0 Å². The Balaban J connectivity index is 2.61. The predicted molar refractivity (Wildman–Crippen MR) is 58.3 cm³/mol. The minimum Gasteiger partial charge on any atom is -0.353 e. The van der Waals surface area contributed by atoms with Crippen molar-refractivity contribution in [2.45, 2.75) is 0 Å². The van der Waals surface area contributed by atoms with Crippen molar-refractivity contribution in [3.63, 3.8) is 0 Å². The van der Waals surface area contributed by atoms with Crippen LogP contribution in [0.5, 0.6) is 0 Å². The van der Waals surface area contributed by atoms with Crippen molar-refractivity contribution in [3.05, 3.63) is 42.2 Å². The number of para-hydroxylation sites is 1. The molecule has 0 aliphatic rings. The maximum Gasteiger partial charge on any atom is 0.101 e. The topological polar surface area (TPSA) is 52.5 Å². The first-order valence-electron chi connectivity index (χ1n) is 4.64. The van der Waals surface area contributed by atoms with Crippen LogP contribution in [0.1, 0.15) is 5.56 Å². The highest BCUT2D eigenvalue weighted by Crippen LogP contribution is 2.26. The van der Waals surface area contributed by atoms with Crippen molar-refractivity contribution in [1.82, 2.24) is 9.97 Å². The molecule has 3 heteroatoms. The van der Waals surface area contributed by atoms with E-state index in [2.05, 4.69) is 16.0 Å². The number of fused-ring (bicyclic) bond motifs is 3. The monoisotopic (exact) mass is 193 g/mol. The molecule has 0 saturated heterocycles. The molecule has 0 unspecified atom stereocenters. The molecule has 70 valence electrons. The molecule has 0 fully saturated rings. The van der Waals surface area contributed by atoms with Crippen LogP contribution in [-0.2, 0) is 0 Å². The Morgan fingerprint density at radius 3 is 3.00 bits per heavy atom. The molecule has 0 amide bonds. The SMILES string of the molecule is N#Cc1cccc2c1[nH]c1ccncc12. The Labute approximate surface area is 86.0 Å². The fourth-order valence-electron chi connectivity index (χ4n) is 1.86. The van der Waals surface area contributed by atoms with Gasteiger partial charge in [-0.1, -0.05) is 12.1 Å². The maximum absolute atomic E-state index is 8.98. The number of hydrogen-bond acceptors (Lipinski definition) is 2. The lowest BCUT2D eigenvalue weighted by Crippen LogP contribution is -1.75. The molecule has 2 heterocycles. The van der Waals surface area contributed by atoms with Crippen molar-refractivity contribution in [2.24, 2.45) is 0 Å². The molecule has 0 bridgehead atoms. The van der Waals surface area contributed by atoms with E-state index in [0.29, 0.717) is 5.56 Å². The summed E-state index contributed by atoms with van der Waals surface area (Å²) < 4.78 is 0. The summed E-state index contributed by atoms with van der Waals surface area (Å²) in [6, 6.07) is 9.79. The number of nitrogens with zero attached hydrogens (tertiary/aromatic N) is 2. The first-order valence-corrected chi connectivity index (χ1v) is 4.64. The molecule has 2 aromatic heterocycles. The van der Waals surface area contributed by atoms with Gasteiger partial charge in [-0.15, -0.1) is 0 Å². The Bertz CT molecular complexity index is 689. The number of benzene rings is 1. The van der Waals surface area contributed by atoms with E-state index < -0.39 is 0 Å². The summed E-state index contributed by atoms with van der Waals surface area (Å²) in [5.41, 5.74) is 2.58. The van der Waals surface area contributed by atoms with Gasteiger partial charge in [0.15, 0.2) is 0 Å². The van der Waals surface area contributed by atoms with E-state index in [0.717, 1.165) is 21.8 Å². The second kappa shape index (κ2) is 2.82. The van der Waals surface area contributed by atoms with Crippen molar-refractivity contribution in [2.75, 3.05) is 0 Å². The van der Waals surface area contributed by atoms with Gasteiger partial charge in [0, 0.05) is 28.7 Å². The third kappa shape index (κ3) is 1.02. The van der Waals surface area contributed by atoms with E-state index in [4.69, 9.17) is 5.26 Å². The van der Waals surface area contributed by atoms with Crippen molar-refractivity contribution in [1.29, 1.82) is 5.26 Å². The highest BCUT2D eigenvalue weighted by atomic mass is 14.7. The normalized spacial score (nSPS) is 10.6. The summed E-state index contributed by atoms with van der Waals surface area (Å²) in [4.78, 5) is 7.32. The molecule has 0 aliphatic carbocycles. The molecular weight excluding hydrogens is 186 g/mol. The van der Waals surface area contributed by atoms with Gasteiger partial charge in [-0.05, 0) is 12.1 Å². The summed E-state index contributed by atoms with van der Waals surface area (Å²) in [5.74, 6) is 0. The van der Waals surface area contributed by atoms with Gasteiger partial charge in [-0.25, -0.2) is 0 Å². The third-order valence-corrected chi connectivity index (χ3v) is 2.56. The lowest BCUT2D eigenvalue weighted by molar-refractivity contribution is 1.36. The smallest absolute Gasteiger partial charge is 0.101 e. The van der Waals surface area contributed by atoms with Gasteiger partial charge in [0.25, 0.3) is 0 Å². The quantitative estimate of drug-likeness (QED) is 0.596. The van der Waals surface area contributed by atoms with Crippen LogP contribution in [0.3, 0.4) is 0 Å². The average Bonchev–Trinajstić information content (AvgIpc) is 2.67. The largest absolute Gasteiger partial charge is 0.353 e. The van der Waals surface area contributed by atoms with E-state index >= 15 is 0 Å². The average molecular weight is 193 g/mol. The first-order chi connectivity index (χ1) is 7.40. The number of nitrogens with one attached hydrogen (secondary N) is 1. The zero-order valence-electron chi connectivity index (χ0n) is 7.86. The number of rotatable bonds is 0. The van der Waals surface area contributed by atoms with Gasteiger partial charge in [-0.2, -0.15) is 5.26 Å². The van der Waals surface area contributed by atoms with Crippen molar-refractivity contribution >= 4 is 21.8 Å². The molecule has 0 aliphatic heterocycles. The zero-order chi connectivity index (χ0) is 10.3. The predicted octanol–water partition coefficient (Wildman–Crippen LogP) is 2.59. The highest BCUT2D eigenvalue weighted by Gasteiger charge is 2.06. The van der Waals surface area contributed by atoms with Crippen LogP contribution in [-0.4, -0.2) is 9.97 Å². The molecule has 3 aromatic rings. The van der Waals surface area contributed by atoms with Crippen LogP contribution in [0.15, 0.2) is 36.7 Å². The molecule has 1 aromatic carbocycles. The summed E-state index contributed by atoms with van der Waals surface area (Å²) >= 11 is 0. The highest BCUT2D eigenvalue weighted by molar-refractivity contribution is 6.08. The van der Waals surface area contributed by atoms with Crippen LogP contribution in [0, 0.1) is 11.3 Å². The second-order valence-corrected chi connectivity index (χ2v) is 3.39. The lowest BCUT2D eigenvalue weighted by atomic mass is 10.1. The van der Waals surface area contributed by atoms with E-state index in [-0.39, 0.29) is 0 Å². The molecule has 0 spiro atoms. The molecule has 3 nitrogen and oxygen atoms in total. The minimum absolute atomic E-state index is 0.670. The van der Waals surface area contributed by atoms with Crippen molar-refractivity contribution < 1.29 is 0 Å². The third-order valence-electron chi connectivity index (χ3n) is 2.56. The molecule has 0 radical (unpaired) electrons. The summed E-state index contributed by atoms with van der Waals surface area (Å²) in [6.07, 6.45) is 3.55. The van der Waals surface area contributed by atoms with Gasteiger partial charge >= 0.3 is 0 Å². The number of nitriles is 1. The summed E-state index contributed by atoms with van der Waals surface area (Å²) in [5, 5.41) is 11.1. The van der Waals surface area contributed by atoms with E-state index in [1.807, 2.05) is 30.5 Å². The Kier molecular flexibility index (Phi) is 1.51. The molecule has 0 saturated carbocycles. The van der Waals surface area contributed by atoms with Gasteiger partial charge in [0.05, 0.1) is 11.1 Å². The van der Waals surface area contributed by atoms with E-state index in [1.54, 1.807) is 6.20 Å². The summed E-state index contributed by atoms with van der Waals surface area (Å²) in [7, 11) is 0. The molecule has 1 N–H and O–H groups in total. The number of H-pyrrole nitrogens is 1. The molecule has 0 atom stereocenters. The first kappa shape index (κ1) is 8.01. The molecular formula is C12H7N3. The van der Waals surface area contributed by atoms with Crippen LogP contribution >= 0.6 is 0 Å². The van der Waals surface area contributed by atoms with Gasteiger partial charge in [0.1, 0.15) is 6.07 Å². The van der Waals surface area contributed by atoms with Crippen molar-refractivity contribution in [3.8, 4) is 6.07 Å². The fourth-order valence-corrected chi connectivity index (χ4v) is 1.86. The van der Waals surface area contributed by atoms with Gasteiger partial charge in [-0.3, -0.25) is 4.98 Å². The van der Waals surface area contributed by atoms with Crippen LogP contribution < -0.4 is 0 Å². The Morgan fingerprint density at radius 1 is 1.20 bits per heavy atom. The number of pyridine rings is 1. The molecule has 15 heavy (non-hydrogen) atoms. The van der Waals surface area contributed by atoms with Crippen LogP contribution in [0.25, 0.3) is 21.8 Å². The number of aromatic amines is 1. The standard InChI is InChI=1S/C12H7N3/c13-6-8-2-1-3-9-10-7-14-5-4-11(10)15-12(8)9/h1-5,7,15H. The number of hydrogen-bond donors (Lipinski definition) is 1. The van der Waals surface area contributed by atoms with E-state index in [1.165, 1.54) is 0 Å².